The maximum atomic E-state index is 12.7. The van der Waals surface area contributed by atoms with Gasteiger partial charge in [-0.1, -0.05) is 69.4 Å². The zero-order valence-electron chi connectivity index (χ0n) is 17.0. The van der Waals surface area contributed by atoms with Crippen molar-refractivity contribution in [1.82, 2.24) is 0 Å². The Morgan fingerprint density at radius 3 is 2.36 bits per heavy atom. The van der Waals surface area contributed by atoms with Crippen LogP contribution in [0.5, 0.6) is 0 Å². The normalized spacial score (nSPS) is 21.4. The van der Waals surface area contributed by atoms with Crippen LogP contribution >= 0.6 is 0 Å². The van der Waals surface area contributed by atoms with E-state index in [1.807, 2.05) is 6.07 Å². The van der Waals surface area contributed by atoms with Crippen molar-refractivity contribution >= 4 is 17.7 Å². The Kier molecular flexibility index (Phi) is 9.18. The van der Waals surface area contributed by atoms with E-state index in [1.54, 1.807) is 31.2 Å². The maximum absolute atomic E-state index is 12.7. The van der Waals surface area contributed by atoms with Gasteiger partial charge >= 0.3 is 11.9 Å². The monoisotopic (exact) mass is 388 g/mol. The predicted molar refractivity (Wildman–Crippen MR) is 107 cm³/mol. The molecule has 5 nitrogen and oxygen atoms in total. The third-order valence-electron chi connectivity index (χ3n) is 5.33. The molecule has 0 N–H and O–H groups in total. The molecular formula is C23H32O5. The van der Waals surface area contributed by atoms with Gasteiger partial charge in [-0.25, -0.2) is 0 Å². The summed E-state index contributed by atoms with van der Waals surface area (Å²) in [5.74, 6) is -2.68. The van der Waals surface area contributed by atoms with Gasteiger partial charge in [0, 0.05) is 17.9 Å². The summed E-state index contributed by atoms with van der Waals surface area (Å²) in [5.41, 5.74) is 0.586. The van der Waals surface area contributed by atoms with E-state index in [2.05, 4.69) is 6.92 Å². The van der Waals surface area contributed by atoms with Crippen molar-refractivity contribution in [2.24, 2.45) is 11.8 Å². The van der Waals surface area contributed by atoms with Crippen LogP contribution in [0.15, 0.2) is 30.3 Å². The van der Waals surface area contributed by atoms with Crippen LogP contribution in [-0.2, 0) is 19.1 Å². The lowest BCUT2D eigenvalue weighted by Crippen LogP contribution is -2.31. The molecule has 154 valence electrons. The fraction of sp³-hybridized carbons (Fsp3) is 0.609. The minimum atomic E-state index is -1.00. The van der Waals surface area contributed by atoms with Gasteiger partial charge in [0.25, 0.3) is 0 Å². The Labute approximate surface area is 167 Å². The number of ketones is 1. The van der Waals surface area contributed by atoms with Gasteiger partial charge in [0.2, 0.25) is 0 Å². The second-order valence-electron chi connectivity index (χ2n) is 7.42. The first kappa shape index (κ1) is 22.1. The summed E-state index contributed by atoms with van der Waals surface area (Å²) in [6.07, 6.45) is 7.18. The van der Waals surface area contributed by atoms with Gasteiger partial charge in [0.1, 0.15) is 6.10 Å². The summed E-state index contributed by atoms with van der Waals surface area (Å²) < 4.78 is 10.6. The lowest BCUT2D eigenvalue weighted by atomic mass is 9.83. The number of esters is 2. The second kappa shape index (κ2) is 11.6. The number of hydrogen-bond acceptors (Lipinski definition) is 5. The Balaban J connectivity index is 2.03. The van der Waals surface area contributed by atoms with Crippen LogP contribution in [0, 0.1) is 11.8 Å². The van der Waals surface area contributed by atoms with Gasteiger partial charge in [-0.2, -0.15) is 0 Å². The van der Waals surface area contributed by atoms with Gasteiger partial charge in [-0.3, -0.25) is 14.4 Å². The standard InChI is InChI=1S/C23H32O5/c1-3-5-6-7-8-12-15-20-18(16-19(24)17-13-10-9-11-14-17)21(23(26)28-20)22(25)27-4-2/h9-11,13-14,18,20-21H,3-8,12,15-16H2,1-2H3/t18-,20+,21-/m0/s1. The molecule has 2 rings (SSSR count). The van der Waals surface area contributed by atoms with E-state index < -0.39 is 29.9 Å². The summed E-state index contributed by atoms with van der Waals surface area (Å²) in [6, 6.07) is 8.96. The Hall–Kier alpha value is -2.17. The average molecular weight is 389 g/mol. The van der Waals surface area contributed by atoms with Crippen LogP contribution in [0.3, 0.4) is 0 Å². The van der Waals surface area contributed by atoms with Gasteiger partial charge in [-0.15, -0.1) is 0 Å². The molecule has 5 heteroatoms. The van der Waals surface area contributed by atoms with E-state index in [1.165, 1.54) is 19.3 Å². The van der Waals surface area contributed by atoms with Gasteiger partial charge < -0.3 is 9.47 Å². The fourth-order valence-corrected chi connectivity index (χ4v) is 3.81. The predicted octanol–water partition coefficient (Wildman–Crippen LogP) is 4.73. The number of Topliss-reactive ketones (excluding diaryl/α,β-unsaturated/α-hetero) is 1. The first-order chi connectivity index (χ1) is 13.6. The summed E-state index contributed by atoms with van der Waals surface area (Å²) in [6.45, 7) is 4.09. The van der Waals surface area contributed by atoms with Crippen LogP contribution in [0.2, 0.25) is 0 Å². The number of unbranched alkanes of at least 4 members (excludes halogenated alkanes) is 5. The molecule has 1 saturated heterocycles. The fourth-order valence-electron chi connectivity index (χ4n) is 3.81. The van der Waals surface area contributed by atoms with Crippen molar-refractivity contribution in [3.05, 3.63) is 35.9 Å². The third kappa shape index (κ3) is 6.18. The summed E-state index contributed by atoms with van der Waals surface area (Å²) in [4.78, 5) is 37.4. The lowest BCUT2D eigenvalue weighted by Gasteiger charge is -2.19. The van der Waals surface area contributed by atoms with Gasteiger partial charge in [0.15, 0.2) is 11.7 Å². The third-order valence-corrected chi connectivity index (χ3v) is 5.33. The summed E-state index contributed by atoms with van der Waals surface area (Å²) in [7, 11) is 0. The Morgan fingerprint density at radius 1 is 1.00 bits per heavy atom. The molecule has 0 saturated carbocycles. The molecule has 0 bridgehead atoms. The van der Waals surface area contributed by atoms with Crippen molar-refractivity contribution in [2.75, 3.05) is 6.61 Å². The number of cyclic esters (lactones) is 1. The highest BCUT2D eigenvalue weighted by molar-refractivity contribution is 6.00. The largest absolute Gasteiger partial charge is 0.465 e. The zero-order chi connectivity index (χ0) is 20.4. The van der Waals surface area contributed by atoms with E-state index in [4.69, 9.17) is 9.47 Å². The van der Waals surface area contributed by atoms with Crippen LogP contribution < -0.4 is 0 Å². The molecule has 1 aromatic carbocycles. The number of hydrogen-bond donors (Lipinski definition) is 0. The Morgan fingerprint density at radius 2 is 1.68 bits per heavy atom. The molecule has 0 spiro atoms. The second-order valence-corrected chi connectivity index (χ2v) is 7.42. The SMILES string of the molecule is CCCCCCCC[C@H]1OC(=O)[C@H](C(=O)OCC)[C@H]1CC(=O)c1ccccc1. The number of benzene rings is 1. The van der Waals surface area contributed by atoms with Crippen molar-refractivity contribution in [2.45, 2.75) is 71.3 Å². The molecule has 1 heterocycles. The highest BCUT2D eigenvalue weighted by Gasteiger charge is 2.49. The van der Waals surface area contributed by atoms with Crippen molar-refractivity contribution in [3.63, 3.8) is 0 Å². The van der Waals surface area contributed by atoms with E-state index in [0.29, 0.717) is 12.0 Å². The number of carbonyl (C=O) groups excluding carboxylic acids is 3. The smallest absolute Gasteiger partial charge is 0.321 e. The maximum Gasteiger partial charge on any atom is 0.321 e. The van der Waals surface area contributed by atoms with Crippen molar-refractivity contribution < 1.29 is 23.9 Å². The molecule has 1 aromatic rings. The van der Waals surface area contributed by atoms with Crippen molar-refractivity contribution in [1.29, 1.82) is 0 Å². The number of ether oxygens (including phenoxy) is 2. The summed E-state index contributed by atoms with van der Waals surface area (Å²) in [5, 5.41) is 0. The lowest BCUT2D eigenvalue weighted by molar-refractivity contribution is -0.156. The first-order valence-electron chi connectivity index (χ1n) is 10.5. The number of carbonyl (C=O) groups is 3. The van der Waals surface area contributed by atoms with E-state index >= 15 is 0 Å². The number of rotatable bonds is 12. The van der Waals surface area contributed by atoms with Crippen LogP contribution in [0.1, 0.15) is 75.6 Å². The molecule has 0 unspecified atom stereocenters. The summed E-state index contributed by atoms with van der Waals surface area (Å²) >= 11 is 0. The quantitative estimate of drug-likeness (QED) is 0.224. The van der Waals surface area contributed by atoms with Gasteiger partial charge in [-0.05, 0) is 19.8 Å². The minimum absolute atomic E-state index is 0.0776. The van der Waals surface area contributed by atoms with Crippen LogP contribution in [-0.4, -0.2) is 30.4 Å². The topological polar surface area (TPSA) is 69.7 Å². The molecule has 0 radical (unpaired) electrons. The molecule has 3 atom stereocenters. The van der Waals surface area contributed by atoms with Gasteiger partial charge in [0.05, 0.1) is 6.61 Å². The van der Waals surface area contributed by atoms with E-state index in [0.717, 1.165) is 19.3 Å². The van der Waals surface area contributed by atoms with Crippen molar-refractivity contribution in [3.8, 4) is 0 Å². The zero-order valence-corrected chi connectivity index (χ0v) is 17.0. The molecule has 1 fully saturated rings. The average Bonchev–Trinajstić information content (AvgIpc) is 3.00. The molecule has 1 aliphatic rings. The van der Waals surface area contributed by atoms with E-state index in [-0.39, 0.29) is 18.8 Å². The molecule has 0 aromatic heterocycles. The highest BCUT2D eigenvalue weighted by atomic mass is 16.6. The molecular weight excluding hydrogens is 356 g/mol. The Bertz CT molecular complexity index is 640. The van der Waals surface area contributed by atoms with Crippen LogP contribution in [0.4, 0.5) is 0 Å². The molecule has 0 amide bonds. The molecule has 1 aliphatic heterocycles. The molecule has 28 heavy (non-hydrogen) atoms. The van der Waals surface area contributed by atoms with E-state index in [9.17, 15) is 14.4 Å². The highest BCUT2D eigenvalue weighted by Crippen LogP contribution is 2.36. The molecule has 0 aliphatic carbocycles. The minimum Gasteiger partial charge on any atom is -0.465 e. The first-order valence-corrected chi connectivity index (χ1v) is 10.5. The van der Waals surface area contributed by atoms with Crippen LogP contribution in [0.25, 0.3) is 0 Å².